The first kappa shape index (κ1) is 22.4. The van der Waals surface area contributed by atoms with Gasteiger partial charge in [-0.2, -0.15) is 0 Å². The standard InChI is InChI=1S/C25H33N3OS/c1-2-3-4-5-7-19-9-11-20(12-10-19)21-13-15-23(16-14-21)27-25(30)28-24(29)22-8-6-17-26-18-22/h6,8,13-20H,2-5,7,9-12H2,1H3,(H2,27,28,29,30)/t19-,20-. The minimum atomic E-state index is -0.260. The van der Waals surface area contributed by atoms with E-state index in [9.17, 15) is 4.79 Å². The third-order valence-corrected chi connectivity index (χ3v) is 6.31. The topological polar surface area (TPSA) is 54.0 Å². The van der Waals surface area contributed by atoms with Crippen LogP contribution in [0.2, 0.25) is 0 Å². The Morgan fingerprint density at radius 3 is 2.50 bits per heavy atom. The molecule has 1 fully saturated rings. The zero-order valence-electron chi connectivity index (χ0n) is 17.9. The van der Waals surface area contributed by atoms with Gasteiger partial charge in [-0.05, 0) is 79.6 Å². The molecular formula is C25H33N3OS. The first-order chi connectivity index (χ1) is 14.7. The maximum Gasteiger partial charge on any atom is 0.258 e. The second kappa shape index (κ2) is 11.8. The molecule has 1 heterocycles. The highest BCUT2D eigenvalue weighted by atomic mass is 32.1. The fraction of sp³-hybridized carbons (Fsp3) is 0.480. The van der Waals surface area contributed by atoms with Gasteiger partial charge in [0.2, 0.25) is 0 Å². The van der Waals surface area contributed by atoms with Crippen LogP contribution >= 0.6 is 12.2 Å². The van der Waals surface area contributed by atoms with Crippen LogP contribution in [0.5, 0.6) is 0 Å². The highest BCUT2D eigenvalue weighted by Gasteiger charge is 2.22. The number of nitrogens with one attached hydrogen (secondary N) is 2. The van der Waals surface area contributed by atoms with Crippen molar-refractivity contribution in [3.63, 3.8) is 0 Å². The molecule has 0 aliphatic heterocycles. The SMILES string of the molecule is CCCCCC[C@H]1CC[C@H](c2ccc(NC(=S)NC(=O)c3cccnc3)cc2)CC1. The monoisotopic (exact) mass is 423 g/mol. The number of hydrogen-bond donors (Lipinski definition) is 2. The van der Waals surface area contributed by atoms with Crippen LogP contribution < -0.4 is 10.6 Å². The van der Waals surface area contributed by atoms with Crippen molar-refractivity contribution in [1.29, 1.82) is 0 Å². The maximum atomic E-state index is 12.2. The number of hydrogen-bond acceptors (Lipinski definition) is 3. The van der Waals surface area contributed by atoms with E-state index < -0.39 is 0 Å². The van der Waals surface area contributed by atoms with Gasteiger partial charge in [-0.3, -0.25) is 15.1 Å². The quantitative estimate of drug-likeness (QED) is 0.378. The molecule has 1 aliphatic carbocycles. The number of rotatable bonds is 8. The Hall–Kier alpha value is -2.27. The van der Waals surface area contributed by atoms with Crippen LogP contribution in [0.3, 0.4) is 0 Å². The molecule has 30 heavy (non-hydrogen) atoms. The normalized spacial score (nSPS) is 18.6. The van der Waals surface area contributed by atoms with E-state index in [1.54, 1.807) is 18.3 Å². The average Bonchev–Trinajstić information content (AvgIpc) is 2.78. The summed E-state index contributed by atoms with van der Waals surface area (Å²) in [4.78, 5) is 16.1. The molecular weight excluding hydrogens is 390 g/mol. The number of unbranched alkanes of at least 4 members (excludes halogenated alkanes) is 3. The molecule has 0 unspecified atom stereocenters. The summed E-state index contributed by atoms with van der Waals surface area (Å²) in [6.07, 6.45) is 15.4. The predicted octanol–water partition coefficient (Wildman–Crippen LogP) is 6.45. The fourth-order valence-electron chi connectivity index (χ4n) is 4.32. The van der Waals surface area contributed by atoms with Crippen LogP contribution in [0.4, 0.5) is 5.69 Å². The van der Waals surface area contributed by atoms with Gasteiger partial charge >= 0.3 is 0 Å². The molecule has 1 saturated carbocycles. The molecule has 1 amide bonds. The molecule has 0 saturated heterocycles. The van der Waals surface area contributed by atoms with E-state index in [4.69, 9.17) is 12.2 Å². The third-order valence-electron chi connectivity index (χ3n) is 6.10. The van der Waals surface area contributed by atoms with Crippen molar-refractivity contribution in [2.45, 2.75) is 70.6 Å². The van der Waals surface area contributed by atoms with E-state index in [1.807, 2.05) is 0 Å². The van der Waals surface area contributed by atoms with Crippen LogP contribution in [0.25, 0.3) is 0 Å². The number of anilines is 1. The zero-order valence-corrected chi connectivity index (χ0v) is 18.7. The number of aromatic nitrogens is 1. The predicted molar refractivity (Wildman–Crippen MR) is 128 cm³/mol. The highest BCUT2D eigenvalue weighted by Crippen LogP contribution is 2.38. The highest BCUT2D eigenvalue weighted by molar-refractivity contribution is 7.80. The van der Waals surface area contributed by atoms with Crippen LogP contribution in [-0.2, 0) is 0 Å². The van der Waals surface area contributed by atoms with Gasteiger partial charge in [-0.15, -0.1) is 0 Å². The van der Waals surface area contributed by atoms with E-state index in [0.717, 1.165) is 11.6 Å². The molecule has 1 aliphatic rings. The second-order valence-corrected chi connectivity index (χ2v) is 8.75. The van der Waals surface area contributed by atoms with Crippen LogP contribution in [-0.4, -0.2) is 16.0 Å². The minimum Gasteiger partial charge on any atom is -0.332 e. The lowest BCUT2D eigenvalue weighted by Gasteiger charge is -2.29. The van der Waals surface area contributed by atoms with Gasteiger partial charge in [0.05, 0.1) is 5.56 Å². The number of pyridine rings is 1. The molecule has 0 bridgehead atoms. The van der Waals surface area contributed by atoms with Crippen molar-refractivity contribution < 1.29 is 4.79 Å². The van der Waals surface area contributed by atoms with Gasteiger partial charge in [0.25, 0.3) is 5.91 Å². The summed E-state index contributed by atoms with van der Waals surface area (Å²) in [5, 5.41) is 6.08. The van der Waals surface area contributed by atoms with Crippen molar-refractivity contribution in [3.8, 4) is 0 Å². The summed E-state index contributed by atoms with van der Waals surface area (Å²) in [6, 6.07) is 11.9. The van der Waals surface area contributed by atoms with Crippen LogP contribution in [0.15, 0.2) is 48.8 Å². The Bertz CT molecular complexity index is 799. The molecule has 2 N–H and O–H groups in total. The van der Waals surface area contributed by atoms with E-state index >= 15 is 0 Å². The molecule has 2 aromatic rings. The molecule has 160 valence electrons. The van der Waals surface area contributed by atoms with Gasteiger partial charge in [-0.1, -0.05) is 51.2 Å². The molecule has 5 heteroatoms. The van der Waals surface area contributed by atoms with E-state index in [0.29, 0.717) is 16.6 Å². The maximum absolute atomic E-state index is 12.2. The minimum absolute atomic E-state index is 0.260. The average molecular weight is 424 g/mol. The van der Waals surface area contributed by atoms with Gasteiger partial charge in [0.1, 0.15) is 0 Å². The fourth-order valence-corrected chi connectivity index (χ4v) is 4.53. The van der Waals surface area contributed by atoms with Crippen molar-refractivity contribution in [3.05, 3.63) is 59.9 Å². The Balaban J connectivity index is 1.43. The zero-order chi connectivity index (χ0) is 21.2. The van der Waals surface area contributed by atoms with E-state index in [-0.39, 0.29) is 5.91 Å². The Labute approximate surface area is 185 Å². The molecule has 1 aromatic carbocycles. The number of amides is 1. The Kier molecular flexibility index (Phi) is 8.81. The summed E-state index contributed by atoms with van der Waals surface area (Å²) >= 11 is 5.27. The lowest BCUT2D eigenvalue weighted by Crippen LogP contribution is -2.34. The lowest BCUT2D eigenvalue weighted by molar-refractivity contribution is 0.0977. The largest absolute Gasteiger partial charge is 0.332 e. The molecule has 0 spiro atoms. The van der Waals surface area contributed by atoms with Crippen molar-refractivity contribution in [2.24, 2.45) is 5.92 Å². The molecule has 3 rings (SSSR count). The number of thiocarbonyl (C=S) groups is 1. The number of nitrogens with zero attached hydrogens (tertiary/aromatic N) is 1. The van der Waals surface area contributed by atoms with Crippen LogP contribution in [0.1, 0.15) is 86.6 Å². The van der Waals surface area contributed by atoms with Crippen molar-refractivity contribution in [1.82, 2.24) is 10.3 Å². The smallest absolute Gasteiger partial charge is 0.258 e. The summed E-state index contributed by atoms with van der Waals surface area (Å²) < 4.78 is 0. The molecule has 0 radical (unpaired) electrons. The summed E-state index contributed by atoms with van der Waals surface area (Å²) in [5.74, 6) is 1.34. The summed E-state index contributed by atoms with van der Waals surface area (Å²) in [6.45, 7) is 2.28. The Morgan fingerprint density at radius 2 is 1.83 bits per heavy atom. The van der Waals surface area contributed by atoms with E-state index in [2.05, 4.69) is 46.8 Å². The summed E-state index contributed by atoms with van der Waals surface area (Å²) in [7, 11) is 0. The first-order valence-corrected chi connectivity index (χ1v) is 11.7. The lowest BCUT2D eigenvalue weighted by atomic mass is 9.77. The number of benzene rings is 1. The van der Waals surface area contributed by atoms with Crippen molar-refractivity contribution in [2.75, 3.05) is 5.32 Å². The van der Waals surface area contributed by atoms with Crippen molar-refractivity contribution >= 4 is 28.9 Å². The van der Waals surface area contributed by atoms with Crippen LogP contribution in [0, 0.1) is 5.92 Å². The Morgan fingerprint density at radius 1 is 1.07 bits per heavy atom. The molecule has 1 aromatic heterocycles. The van der Waals surface area contributed by atoms with Gasteiger partial charge in [-0.25, -0.2) is 0 Å². The van der Waals surface area contributed by atoms with Gasteiger partial charge < -0.3 is 5.32 Å². The van der Waals surface area contributed by atoms with E-state index in [1.165, 1.54) is 69.5 Å². The first-order valence-electron chi connectivity index (χ1n) is 11.3. The molecule has 0 atom stereocenters. The third kappa shape index (κ3) is 6.91. The summed E-state index contributed by atoms with van der Waals surface area (Å²) in [5.41, 5.74) is 2.79. The second-order valence-electron chi connectivity index (χ2n) is 8.34. The number of carbonyl (C=O) groups is 1. The van der Waals surface area contributed by atoms with Gasteiger partial charge in [0.15, 0.2) is 5.11 Å². The molecule has 4 nitrogen and oxygen atoms in total. The van der Waals surface area contributed by atoms with Gasteiger partial charge in [0, 0.05) is 18.1 Å². The number of carbonyl (C=O) groups excluding carboxylic acids is 1.